The third-order valence-electron chi connectivity index (χ3n) is 6.72. The van der Waals surface area contributed by atoms with Crippen LogP contribution in [-0.4, -0.2) is 66.6 Å². The van der Waals surface area contributed by atoms with Crippen LogP contribution in [0.1, 0.15) is 5.56 Å². The van der Waals surface area contributed by atoms with Crippen LogP contribution in [0.15, 0.2) is 27.9 Å². The van der Waals surface area contributed by atoms with Crippen LogP contribution < -0.4 is 10.6 Å². The van der Waals surface area contributed by atoms with E-state index in [4.69, 9.17) is 16.3 Å². The predicted octanol–water partition coefficient (Wildman–Crippen LogP) is 4.89. The molecule has 0 N–H and O–H groups in total. The van der Waals surface area contributed by atoms with E-state index in [9.17, 15) is 22.4 Å². The molecule has 2 aliphatic rings. The Kier molecular flexibility index (Phi) is 6.88. The van der Waals surface area contributed by atoms with Gasteiger partial charge in [0.1, 0.15) is 17.5 Å². The number of alkyl halides is 3. The van der Waals surface area contributed by atoms with Crippen LogP contribution >= 0.6 is 23.4 Å². The second-order valence-corrected chi connectivity index (χ2v) is 10.5. The molecular weight excluding hydrogens is 539 g/mol. The summed E-state index contributed by atoms with van der Waals surface area (Å²) in [7, 11) is 3.37. The van der Waals surface area contributed by atoms with E-state index in [0.717, 1.165) is 23.9 Å². The van der Waals surface area contributed by atoms with Crippen molar-refractivity contribution in [3.05, 3.63) is 50.9 Å². The highest BCUT2D eigenvalue weighted by Crippen LogP contribution is 2.49. The first-order chi connectivity index (χ1) is 17.5. The summed E-state index contributed by atoms with van der Waals surface area (Å²) in [6.45, 7) is 2.28. The van der Waals surface area contributed by atoms with Gasteiger partial charge in [-0.05, 0) is 19.2 Å². The van der Waals surface area contributed by atoms with Crippen LogP contribution in [0.5, 0.6) is 0 Å². The molecule has 0 amide bonds. The second-order valence-electron chi connectivity index (χ2n) is 9.06. The molecule has 1 fully saturated rings. The van der Waals surface area contributed by atoms with Crippen LogP contribution in [0, 0.1) is 11.6 Å². The average Bonchev–Trinajstić information content (AvgIpc) is 3.04. The van der Waals surface area contributed by atoms with Crippen LogP contribution in [0.4, 0.5) is 27.8 Å². The summed E-state index contributed by atoms with van der Waals surface area (Å²) in [6.07, 6.45) is -5.42. The molecule has 3 aromatic rings. The van der Waals surface area contributed by atoms with Gasteiger partial charge in [0.2, 0.25) is 0 Å². The molecule has 1 saturated heterocycles. The zero-order chi connectivity index (χ0) is 26.6. The van der Waals surface area contributed by atoms with E-state index in [1.54, 1.807) is 4.90 Å². The minimum Gasteiger partial charge on any atom is -0.379 e. The molecule has 5 rings (SSSR count). The quantitative estimate of drug-likeness (QED) is 0.336. The molecule has 6 nitrogen and oxygen atoms in total. The minimum absolute atomic E-state index is 0.0424. The zero-order valence-corrected chi connectivity index (χ0v) is 21.4. The minimum atomic E-state index is -4.90. The molecule has 13 heteroatoms. The summed E-state index contributed by atoms with van der Waals surface area (Å²) in [4.78, 5) is 21.4. The highest BCUT2D eigenvalue weighted by Gasteiger charge is 2.39. The molecule has 2 aromatic carbocycles. The second kappa shape index (κ2) is 9.72. The number of ether oxygens (including phenoxy) is 1. The van der Waals surface area contributed by atoms with Gasteiger partial charge in [-0.2, -0.15) is 18.2 Å². The van der Waals surface area contributed by atoms with Crippen molar-refractivity contribution in [2.24, 2.45) is 0 Å². The summed E-state index contributed by atoms with van der Waals surface area (Å²) < 4.78 is 79.5. The molecule has 0 saturated carbocycles. The highest BCUT2D eigenvalue weighted by molar-refractivity contribution is 7.99. The molecule has 0 unspecified atom stereocenters. The van der Waals surface area contributed by atoms with E-state index < -0.39 is 51.3 Å². The molecule has 0 aliphatic carbocycles. The number of anilines is 1. The Bertz CT molecular complexity index is 1440. The van der Waals surface area contributed by atoms with Crippen LogP contribution in [0.2, 0.25) is 5.02 Å². The average molecular weight is 561 g/mol. The molecule has 0 spiro atoms. The van der Waals surface area contributed by atoms with E-state index in [2.05, 4.69) is 9.88 Å². The fourth-order valence-electron chi connectivity index (χ4n) is 4.74. The van der Waals surface area contributed by atoms with Crippen molar-refractivity contribution >= 4 is 40.1 Å². The molecule has 1 atom stereocenters. The lowest BCUT2D eigenvalue weighted by molar-refractivity contribution is -0.137. The molecule has 2 aliphatic heterocycles. The maximum atomic E-state index is 15.1. The lowest BCUT2D eigenvalue weighted by atomic mass is 9.95. The number of rotatable bonds is 3. The van der Waals surface area contributed by atoms with Gasteiger partial charge in [0.05, 0.1) is 28.8 Å². The fourth-order valence-corrected chi connectivity index (χ4v) is 6.22. The number of hydrogen-bond acceptors (Lipinski definition) is 6. The molecule has 37 heavy (non-hydrogen) atoms. The third-order valence-corrected chi connectivity index (χ3v) is 8.23. The summed E-state index contributed by atoms with van der Waals surface area (Å²) in [5, 5.41) is -0.386. The van der Waals surface area contributed by atoms with Gasteiger partial charge in [-0.3, -0.25) is 4.57 Å². The van der Waals surface area contributed by atoms with Gasteiger partial charge in [0.25, 0.3) is 0 Å². The Morgan fingerprint density at radius 2 is 1.81 bits per heavy atom. The number of benzene rings is 2. The zero-order valence-electron chi connectivity index (χ0n) is 19.8. The van der Waals surface area contributed by atoms with E-state index in [-0.39, 0.29) is 33.9 Å². The monoisotopic (exact) mass is 560 g/mol. The van der Waals surface area contributed by atoms with Crippen LogP contribution in [0.25, 0.3) is 22.0 Å². The van der Waals surface area contributed by atoms with Crippen molar-refractivity contribution in [3.63, 3.8) is 0 Å². The van der Waals surface area contributed by atoms with Gasteiger partial charge in [0.15, 0.2) is 0 Å². The molecule has 198 valence electrons. The van der Waals surface area contributed by atoms with Gasteiger partial charge in [-0.1, -0.05) is 11.6 Å². The Labute approximate surface area is 218 Å². The first-order valence-corrected chi connectivity index (χ1v) is 12.8. The fraction of sp³-hybridized carbons (Fsp3) is 0.417. The Morgan fingerprint density at radius 1 is 1.11 bits per heavy atom. The van der Waals surface area contributed by atoms with Crippen molar-refractivity contribution < 1.29 is 26.7 Å². The van der Waals surface area contributed by atoms with E-state index in [0.29, 0.717) is 32.2 Å². The van der Waals surface area contributed by atoms with E-state index in [1.165, 1.54) is 11.7 Å². The topological polar surface area (TPSA) is 50.6 Å². The first-order valence-electron chi connectivity index (χ1n) is 11.4. The summed E-state index contributed by atoms with van der Waals surface area (Å²) in [6, 6.07) is 2.22. The van der Waals surface area contributed by atoms with E-state index >= 15 is 4.39 Å². The SMILES string of the molecule is CO[C@@H]1CSc2c(-c3cc(Cl)c(F)cc3F)c(C(F)(F)F)cc3c(N4CCN(C)CC4)nc(=O)n(c23)C1. The summed E-state index contributed by atoms with van der Waals surface area (Å²) in [5.41, 5.74) is -2.56. The van der Waals surface area contributed by atoms with Crippen LogP contribution in [0.3, 0.4) is 0 Å². The smallest absolute Gasteiger partial charge is 0.379 e. The molecule has 0 radical (unpaired) electrons. The van der Waals surface area contributed by atoms with Crippen molar-refractivity contribution in [2.75, 3.05) is 51.0 Å². The Morgan fingerprint density at radius 3 is 2.46 bits per heavy atom. The number of piperazine rings is 1. The normalized spacial score (nSPS) is 18.9. The summed E-state index contributed by atoms with van der Waals surface area (Å²) >= 11 is 6.90. The standard InChI is InChI=1S/C24H22ClF5N4O2S/c1-32-3-5-33(6-4-32)22-14-7-15(24(28,29)30)19(13-8-16(25)18(27)9-17(13)26)21-20(14)34(23(35)31-22)10-12(36-2)11-37-21/h7-9,12H,3-6,10-11H2,1-2H3/t12-/m0/s1. The Balaban J connectivity index is 1.91. The van der Waals surface area contributed by atoms with Crippen molar-refractivity contribution in [3.8, 4) is 11.1 Å². The Hall–Kier alpha value is -2.41. The van der Waals surface area contributed by atoms with E-state index in [1.807, 2.05) is 7.05 Å². The largest absolute Gasteiger partial charge is 0.417 e. The van der Waals surface area contributed by atoms with Gasteiger partial charge >= 0.3 is 11.9 Å². The van der Waals surface area contributed by atoms with Crippen LogP contribution in [-0.2, 0) is 17.5 Å². The highest BCUT2D eigenvalue weighted by atomic mass is 35.5. The number of aromatic nitrogens is 2. The molecular formula is C24H22ClF5N4O2S. The number of halogens is 6. The van der Waals surface area contributed by atoms with Gasteiger partial charge in [-0.25, -0.2) is 13.6 Å². The van der Waals surface area contributed by atoms with Crippen molar-refractivity contribution in [2.45, 2.75) is 23.7 Å². The number of methoxy groups -OCH3 is 1. The number of thioether (sulfide) groups is 1. The molecule has 3 heterocycles. The van der Waals surface area contributed by atoms with Gasteiger partial charge < -0.3 is 14.5 Å². The summed E-state index contributed by atoms with van der Waals surface area (Å²) in [5.74, 6) is -1.94. The van der Waals surface area contributed by atoms with Gasteiger partial charge in [-0.15, -0.1) is 11.8 Å². The number of nitrogens with zero attached hydrogens (tertiary/aromatic N) is 4. The first kappa shape index (κ1) is 26.2. The van der Waals surface area contributed by atoms with Crippen molar-refractivity contribution in [1.82, 2.24) is 14.5 Å². The van der Waals surface area contributed by atoms with Gasteiger partial charge in [0, 0.05) is 66.5 Å². The third kappa shape index (κ3) is 4.68. The number of likely N-dealkylation sites (N-methyl/N-ethyl adjacent to an activating group) is 1. The predicted molar refractivity (Wildman–Crippen MR) is 133 cm³/mol. The lowest BCUT2D eigenvalue weighted by Crippen LogP contribution is -2.45. The maximum absolute atomic E-state index is 15.1. The molecule has 1 aromatic heterocycles. The number of hydrogen-bond donors (Lipinski definition) is 0. The maximum Gasteiger partial charge on any atom is 0.417 e. The molecule has 0 bridgehead atoms. The lowest BCUT2D eigenvalue weighted by Gasteiger charge is -2.34. The van der Waals surface area contributed by atoms with Crippen molar-refractivity contribution in [1.29, 1.82) is 0 Å².